The highest BCUT2D eigenvalue weighted by atomic mass is 16.5. The van der Waals surface area contributed by atoms with Crippen molar-refractivity contribution in [2.24, 2.45) is 0 Å². The quantitative estimate of drug-likeness (QED) is 0.727. The molecule has 0 aromatic carbocycles. The van der Waals surface area contributed by atoms with Crippen molar-refractivity contribution in [3.8, 4) is 0 Å². The number of nitrogen functional groups attached to an aromatic ring is 1. The molecule has 1 aromatic rings. The van der Waals surface area contributed by atoms with E-state index in [0.717, 1.165) is 0 Å². The Morgan fingerprint density at radius 1 is 1.73 bits per heavy atom. The zero-order valence-corrected chi connectivity index (χ0v) is 8.80. The first-order valence-corrected chi connectivity index (χ1v) is 4.70. The Hall–Kier alpha value is -1.40. The van der Waals surface area contributed by atoms with Crippen molar-refractivity contribution >= 4 is 5.82 Å². The normalized spacial score (nSPS) is 12.7. The van der Waals surface area contributed by atoms with Gasteiger partial charge in [-0.3, -0.25) is 4.57 Å². The summed E-state index contributed by atoms with van der Waals surface area (Å²) < 4.78 is 6.55. The second-order valence-corrected chi connectivity index (χ2v) is 3.05. The number of anilines is 1. The molecule has 1 heterocycles. The Balaban J connectivity index is 3.12. The van der Waals surface area contributed by atoms with Gasteiger partial charge in [0, 0.05) is 18.4 Å². The van der Waals surface area contributed by atoms with Crippen molar-refractivity contribution in [1.29, 1.82) is 0 Å². The molecular weight excluding hydrogens is 198 g/mol. The van der Waals surface area contributed by atoms with Crippen LogP contribution in [0.25, 0.3) is 0 Å². The highest BCUT2D eigenvalue weighted by Crippen LogP contribution is 2.09. The Morgan fingerprint density at radius 3 is 2.93 bits per heavy atom. The maximum Gasteiger partial charge on any atom is 0.351 e. The SMILES string of the molecule is CCO[C@H](C)n1cc(CO)c(N)nc1=O. The van der Waals surface area contributed by atoms with E-state index < -0.39 is 11.9 Å². The number of ether oxygens (including phenoxy) is 1. The van der Waals surface area contributed by atoms with Gasteiger partial charge in [0.2, 0.25) is 0 Å². The van der Waals surface area contributed by atoms with E-state index in [1.54, 1.807) is 6.92 Å². The summed E-state index contributed by atoms with van der Waals surface area (Å²) in [6, 6.07) is 0. The van der Waals surface area contributed by atoms with Crippen LogP contribution >= 0.6 is 0 Å². The fourth-order valence-corrected chi connectivity index (χ4v) is 1.23. The third-order valence-corrected chi connectivity index (χ3v) is 2.03. The molecule has 0 radical (unpaired) electrons. The largest absolute Gasteiger partial charge is 0.391 e. The van der Waals surface area contributed by atoms with Crippen molar-refractivity contribution in [2.45, 2.75) is 26.7 Å². The van der Waals surface area contributed by atoms with E-state index in [4.69, 9.17) is 15.6 Å². The zero-order valence-electron chi connectivity index (χ0n) is 8.80. The molecule has 1 atom stereocenters. The minimum atomic E-state index is -0.481. The minimum absolute atomic E-state index is 0.0578. The first-order valence-electron chi connectivity index (χ1n) is 4.70. The van der Waals surface area contributed by atoms with Gasteiger partial charge in [0.25, 0.3) is 0 Å². The molecular formula is C9H15N3O3. The van der Waals surface area contributed by atoms with Crippen LogP contribution in [0.2, 0.25) is 0 Å². The fraction of sp³-hybridized carbons (Fsp3) is 0.556. The van der Waals surface area contributed by atoms with Crippen LogP contribution < -0.4 is 11.4 Å². The van der Waals surface area contributed by atoms with Gasteiger partial charge in [0.05, 0.1) is 6.61 Å². The summed E-state index contributed by atoms with van der Waals surface area (Å²) in [6.45, 7) is 3.80. The van der Waals surface area contributed by atoms with Gasteiger partial charge < -0.3 is 15.6 Å². The molecule has 1 rings (SSSR count). The van der Waals surface area contributed by atoms with Gasteiger partial charge in [-0.1, -0.05) is 0 Å². The average Bonchev–Trinajstić information content (AvgIpc) is 2.18. The third-order valence-electron chi connectivity index (χ3n) is 2.03. The second-order valence-electron chi connectivity index (χ2n) is 3.05. The number of hydrogen-bond donors (Lipinski definition) is 2. The summed E-state index contributed by atoms with van der Waals surface area (Å²) in [6.07, 6.45) is 1.05. The van der Waals surface area contributed by atoms with E-state index in [9.17, 15) is 4.79 Å². The molecule has 6 heteroatoms. The van der Waals surface area contributed by atoms with E-state index in [1.807, 2.05) is 6.92 Å². The number of rotatable bonds is 4. The summed E-state index contributed by atoms with van der Waals surface area (Å²) in [4.78, 5) is 15.0. The van der Waals surface area contributed by atoms with Crippen molar-refractivity contribution < 1.29 is 9.84 Å². The van der Waals surface area contributed by atoms with Crippen LogP contribution in [0.3, 0.4) is 0 Å². The Bertz CT molecular complexity index is 389. The Morgan fingerprint density at radius 2 is 2.40 bits per heavy atom. The third kappa shape index (κ3) is 2.54. The minimum Gasteiger partial charge on any atom is -0.391 e. The predicted octanol–water partition coefficient (Wildman–Crippen LogP) is -0.127. The average molecular weight is 213 g/mol. The van der Waals surface area contributed by atoms with Crippen LogP contribution in [-0.4, -0.2) is 21.3 Å². The van der Waals surface area contributed by atoms with E-state index in [1.165, 1.54) is 10.8 Å². The molecule has 0 fully saturated rings. The zero-order chi connectivity index (χ0) is 11.4. The lowest BCUT2D eigenvalue weighted by Crippen LogP contribution is -2.28. The summed E-state index contributed by atoms with van der Waals surface area (Å²) in [5.74, 6) is 0.0578. The molecule has 0 saturated heterocycles. The standard InChI is InChI=1S/C9H15N3O3/c1-3-15-6(2)12-4-7(5-13)8(10)11-9(12)14/h4,6,13H,3,5H2,1-2H3,(H2,10,11,14)/t6-/m1/s1. The van der Waals surface area contributed by atoms with Crippen LogP contribution in [0.1, 0.15) is 25.6 Å². The number of aliphatic hydroxyl groups is 1. The van der Waals surface area contributed by atoms with Crippen molar-refractivity contribution in [3.63, 3.8) is 0 Å². The Labute approximate surface area is 87.3 Å². The lowest BCUT2D eigenvalue weighted by molar-refractivity contribution is 0.0210. The van der Waals surface area contributed by atoms with Gasteiger partial charge in [-0.15, -0.1) is 0 Å². The van der Waals surface area contributed by atoms with Crippen LogP contribution in [0, 0.1) is 0 Å². The van der Waals surface area contributed by atoms with E-state index in [0.29, 0.717) is 12.2 Å². The number of nitrogens with two attached hydrogens (primary N) is 1. The number of nitrogens with zero attached hydrogens (tertiary/aromatic N) is 2. The molecule has 0 unspecified atom stereocenters. The van der Waals surface area contributed by atoms with Crippen LogP contribution in [-0.2, 0) is 11.3 Å². The van der Waals surface area contributed by atoms with Crippen LogP contribution in [0.15, 0.2) is 11.0 Å². The van der Waals surface area contributed by atoms with E-state index in [-0.39, 0.29) is 12.4 Å². The van der Waals surface area contributed by atoms with Gasteiger partial charge >= 0.3 is 5.69 Å². The topological polar surface area (TPSA) is 90.4 Å². The molecule has 1 aromatic heterocycles. The summed E-state index contributed by atoms with van der Waals surface area (Å²) >= 11 is 0. The number of aromatic nitrogens is 2. The number of aliphatic hydroxyl groups excluding tert-OH is 1. The van der Waals surface area contributed by atoms with Crippen molar-refractivity contribution in [3.05, 3.63) is 22.2 Å². The Kier molecular flexibility index (Phi) is 3.81. The molecule has 0 amide bonds. The molecule has 3 N–H and O–H groups in total. The lowest BCUT2D eigenvalue weighted by atomic mass is 10.3. The monoisotopic (exact) mass is 213 g/mol. The second kappa shape index (κ2) is 4.90. The van der Waals surface area contributed by atoms with Gasteiger partial charge in [-0.2, -0.15) is 4.98 Å². The van der Waals surface area contributed by atoms with Crippen molar-refractivity contribution in [1.82, 2.24) is 9.55 Å². The molecule has 6 nitrogen and oxygen atoms in total. The molecule has 0 saturated carbocycles. The molecule has 0 spiro atoms. The highest BCUT2D eigenvalue weighted by molar-refractivity contribution is 5.35. The van der Waals surface area contributed by atoms with Crippen LogP contribution in [0.4, 0.5) is 5.82 Å². The fourth-order valence-electron chi connectivity index (χ4n) is 1.23. The van der Waals surface area contributed by atoms with E-state index >= 15 is 0 Å². The van der Waals surface area contributed by atoms with Gasteiger partial charge in [0.1, 0.15) is 12.0 Å². The first kappa shape index (κ1) is 11.7. The summed E-state index contributed by atoms with van der Waals surface area (Å²) in [7, 11) is 0. The van der Waals surface area contributed by atoms with Crippen molar-refractivity contribution in [2.75, 3.05) is 12.3 Å². The predicted molar refractivity (Wildman–Crippen MR) is 55.2 cm³/mol. The lowest BCUT2D eigenvalue weighted by Gasteiger charge is -2.15. The number of hydrogen-bond acceptors (Lipinski definition) is 5. The smallest absolute Gasteiger partial charge is 0.351 e. The molecule has 84 valence electrons. The molecule has 15 heavy (non-hydrogen) atoms. The highest BCUT2D eigenvalue weighted by Gasteiger charge is 2.10. The van der Waals surface area contributed by atoms with Gasteiger partial charge in [-0.25, -0.2) is 4.79 Å². The first-order chi connectivity index (χ1) is 7.10. The maximum absolute atomic E-state index is 11.4. The van der Waals surface area contributed by atoms with E-state index in [2.05, 4.69) is 4.98 Å². The summed E-state index contributed by atoms with van der Waals surface area (Å²) in [5, 5.41) is 8.97. The van der Waals surface area contributed by atoms with Gasteiger partial charge in [-0.05, 0) is 13.8 Å². The molecule has 0 aliphatic heterocycles. The summed E-state index contributed by atoms with van der Waals surface area (Å²) in [5.41, 5.74) is 5.39. The molecule has 0 bridgehead atoms. The molecule has 0 aliphatic carbocycles. The van der Waals surface area contributed by atoms with Crippen LogP contribution in [0.5, 0.6) is 0 Å². The molecule has 0 aliphatic rings. The van der Waals surface area contributed by atoms with Gasteiger partial charge in [0.15, 0.2) is 0 Å². The maximum atomic E-state index is 11.4.